The van der Waals surface area contributed by atoms with E-state index in [9.17, 15) is 0 Å². The molecular formula is C17H14N2. The van der Waals surface area contributed by atoms with E-state index in [-0.39, 0.29) is 0 Å². The lowest BCUT2D eigenvalue weighted by Crippen LogP contribution is -1.73. The van der Waals surface area contributed by atoms with E-state index in [1.165, 1.54) is 16.3 Å². The highest BCUT2D eigenvalue weighted by Crippen LogP contribution is 2.09. The number of hydrogen-bond acceptors (Lipinski definition) is 1. The van der Waals surface area contributed by atoms with E-state index < -0.39 is 0 Å². The van der Waals surface area contributed by atoms with Gasteiger partial charge in [-0.3, -0.25) is 4.98 Å². The molecule has 0 saturated carbocycles. The zero-order valence-corrected chi connectivity index (χ0v) is 10.5. The normalized spacial score (nSPS) is 10.1. The maximum absolute atomic E-state index is 4.18. The summed E-state index contributed by atoms with van der Waals surface area (Å²) in [7, 11) is 0. The van der Waals surface area contributed by atoms with Crippen LogP contribution in [0.3, 0.4) is 0 Å². The van der Waals surface area contributed by atoms with Gasteiger partial charge < -0.3 is 4.98 Å². The minimum atomic E-state index is 1.06. The van der Waals surface area contributed by atoms with Crippen LogP contribution in [0.15, 0.2) is 79.1 Å². The number of nitrogens with zero attached hydrogens (tertiary/aromatic N) is 1. The van der Waals surface area contributed by atoms with Crippen molar-refractivity contribution in [2.75, 3.05) is 0 Å². The summed E-state index contributed by atoms with van der Waals surface area (Å²) < 4.78 is 0. The van der Waals surface area contributed by atoms with Crippen molar-refractivity contribution in [2.24, 2.45) is 0 Å². The molecule has 0 radical (unpaired) electrons. The first-order valence-electron chi connectivity index (χ1n) is 6.25. The Morgan fingerprint density at radius 1 is 0.684 bits per heavy atom. The average Bonchev–Trinajstić information content (AvgIpc) is 2.96. The first-order chi connectivity index (χ1) is 9.43. The molecular weight excluding hydrogens is 232 g/mol. The van der Waals surface area contributed by atoms with Gasteiger partial charge in [-0.15, -0.1) is 0 Å². The molecule has 0 spiro atoms. The van der Waals surface area contributed by atoms with Crippen LogP contribution in [0, 0.1) is 0 Å². The Balaban J connectivity index is 0.000000117. The van der Waals surface area contributed by atoms with Gasteiger partial charge in [0.1, 0.15) is 0 Å². The number of H-pyrrole nitrogens is 1. The van der Waals surface area contributed by atoms with Crippen molar-refractivity contribution in [3.8, 4) is 0 Å². The van der Waals surface area contributed by atoms with Crippen molar-refractivity contribution in [2.45, 2.75) is 0 Å². The molecule has 0 aliphatic heterocycles. The highest BCUT2D eigenvalue weighted by molar-refractivity contribution is 5.79. The molecule has 2 heteroatoms. The predicted molar refractivity (Wildman–Crippen MR) is 80.0 cm³/mol. The third kappa shape index (κ3) is 2.63. The van der Waals surface area contributed by atoms with Gasteiger partial charge in [0, 0.05) is 23.3 Å². The third-order valence-corrected chi connectivity index (χ3v) is 2.97. The highest BCUT2D eigenvalue weighted by atomic mass is 14.7. The molecule has 1 N–H and O–H groups in total. The van der Waals surface area contributed by atoms with Gasteiger partial charge in [0.05, 0.1) is 5.52 Å². The van der Waals surface area contributed by atoms with Gasteiger partial charge in [-0.1, -0.05) is 42.5 Å². The van der Waals surface area contributed by atoms with E-state index in [1.54, 1.807) is 0 Å². The van der Waals surface area contributed by atoms with Gasteiger partial charge >= 0.3 is 0 Å². The summed E-state index contributed by atoms with van der Waals surface area (Å²) in [5.74, 6) is 0. The van der Waals surface area contributed by atoms with E-state index in [0.717, 1.165) is 5.52 Å². The lowest BCUT2D eigenvalue weighted by molar-refractivity contribution is 1.41. The number of fused-ring (bicyclic) bond motifs is 2. The first-order valence-corrected chi connectivity index (χ1v) is 6.25. The molecule has 0 saturated heterocycles. The van der Waals surface area contributed by atoms with Crippen LogP contribution in [0.4, 0.5) is 0 Å². The molecule has 92 valence electrons. The van der Waals surface area contributed by atoms with Crippen LogP contribution in [0.1, 0.15) is 0 Å². The van der Waals surface area contributed by atoms with Crippen LogP contribution in [0.5, 0.6) is 0 Å². The van der Waals surface area contributed by atoms with Crippen LogP contribution >= 0.6 is 0 Å². The van der Waals surface area contributed by atoms with Gasteiger partial charge in [-0.25, -0.2) is 0 Å². The van der Waals surface area contributed by atoms with Crippen molar-refractivity contribution in [1.29, 1.82) is 0 Å². The van der Waals surface area contributed by atoms with Crippen molar-refractivity contribution in [1.82, 2.24) is 9.97 Å². The summed E-state index contributed by atoms with van der Waals surface area (Å²) in [5, 5.41) is 2.47. The van der Waals surface area contributed by atoms with E-state index in [1.807, 2.05) is 48.8 Å². The minimum absolute atomic E-state index is 1.06. The van der Waals surface area contributed by atoms with E-state index >= 15 is 0 Å². The molecule has 4 aromatic rings. The summed E-state index contributed by atoms with van der Waals surface area (Å²) in [6.07, 6.45) is 3.76. The van der Waals surface area contributed by atoms with Crippen molar-refractivity contribution >= 4 is 21.8 Å². The van der Waals surface area contributed by atoms with Crippen LogP contribution in [0.25, 0.3) is 21.8 Å². The molecule has 0 amide bonds. The summed E-state index contributed by atoms with van der Waals surface area (Å²) >= 11 is 0. The molecule has 4 rings (SSSR count). The predicted octanol–water partition coefficient (Wildman–Crippen LogP) is 4.40. The summed E-state index contributed by atoms with van der Waals surface area (Å²) in [4.78, 5) is 7.30. The number of nitrogens with one attached hydrogen (secondary N) is 1. The largest absolute Gasteiger partial charge is 0.361 e. The van der Waals surface area contributed by atoms with Gasteiger partial charge in [0.25, 0.3) is 0 Å². The SMILES string of the molecule is c1ccc2[nH]ccc2c1.c1ccc2ncccc2c1. The maximum atomic E-state index is 4.18. The monoisotopic (exact) mass is 246 g/mol. The molecule has 2 heterocycles. The van der Waals surface area contributed by atoms with Crippen molar-refractivity contribution in [3.05, 3.63) is 79.1 Å². The Labute approximate surface area is 111 Å². The zero-order chi connectivity index (χ0) is 12.9. The second-order valence-electron chi connectivity index (χ2n) is 4.26. The summed E-state index contributed by atoms with van der Waals surface area (Å²) in [6.45, 7) is 0. The fourth-order valence-corrected chi connectivity index (χ4v) is 2.01. The highest BCUT2D eigenvalue weighted by Gasteiger charge is 1.87. The van der Waals surface area contributed by atoms with E-state index in [0.29, 0.717) is 0 Å². The minimum Gasteiger partial charge on any atom is -0.361 e. The first kappa shape index (κ1) is 11.5. The lowest BCUT2D eigenvalue weighted by atomic mass is 10.2. The maximum Gasteiger partial charge on any atom is 0.0701 e. The number of pyridine rings is 1. The molecule has 19 heavy (non-hydrogen) atoms. The van der Waals surface area contributed by atoms with Crippen molar-refractivity contribution < 1.29 is 0 Å². The molecule has 0 unspecified atom stereocenters. The van der Waals surface area contributed by atoms with Crippen LogP contribution < -0.4 is 0 Å². The number of hydrogen-bond donors (Lipinski definition) is 1. The van der Waals surface area contributed by atoms with Gasteiger partial charge in [0.15, 0.2) is 0 Å². The quantitative estimate of drug-likeness (QED) is 0.489. The van der Waals surface area contributed by atoms with Gasteiger partial charge in [-0.05, 0) is 29.7 Å². The number of aromatic amines is 1. The number of benzene rings is 2. The van der Waals surface area contributed by atoms with Gasteiger partial charge in [0.2, 0.25) is 0 Å². The molecule has 2 aromatic heterocycles. The Kier molecular flexibility index (Phi) is 3.24. The Hall–Kier alpha value is -2.61. The summed E-state index contributed by atoms with van der Waals surface area (Å²) in [5.41, 5.74) is 2.27. The Morgan fingerprint density at radius 2 is 1.42 bits per heavy atom. The smallest absolute Gasteiger partial charge is 0.0701 e. The zero-order valence-electron chi connectivity index (χ0n) is 10.5. The molecule has 0 atom stereocenters. The Bertz CT molecular complexity index is 691. The van der Waals surface area contributed by atoms with Gasteiger partial charge in [-0.2, -0.15) is 0 Å². The van der Waals surface area contributed by atoms with Crippen LogP contribution in [-0.4, -0.2) is 9.97 Å². The van der Waals surface area contributed by atoms with Crippen LogP contribution in [0.2, 0.25) is 0 Å². The summed E-state index contributed by atoms with van der Waals surface area (Å²) in [6, 6.07) is 22.4. The second kappa shape index (κ2) is 5.36. The molecule has 2 aromatic carbocycles. The fourth-order valence-electron chi connectivity index (χ4n) is 2.01. The molecule has 0 fully saturated rings. The van der Waals surface area contributed by atoms with E-state index in [4.69, 9.17) is 0 Å². The third-order valence-electron chi connectivity index (χ3n) is 2.97. The average molecular weight is 246 g/mol. The molecule has 2 nitrogen and oxygen atoms in total. The number of para-hydroxylation sites is 2. The fraction of sp³-hybridized carbons (Fsp3) is 0. The second-order valence-corrected chi connectivity index (χ2v) is 4.26. The molecule has 0 aliphatic carbocycles. The number of rotatable bonds is 0. The molecule has 0 bridgehead atoms. The van der Waals surface area contributed by atoms with E-state index in [2.05, 4.69) is 40.3 Å². The standard InChI is InChI=1S/C9H7N.C8H7N/c1-2-6-9-8(4-1)5-3-7-10-9;1-2-4-8-7(3-1)5-6-9-8/h1-7H;1-6,9H. The topological polar surface area (TPSA) is 28.7 Å². The molecule has 0 aliphatic rings. The number of aromatic nitrogens is 2. The van der Waals surface area contributed by atoms with Crippen molar-refractivity contribution in [3.63, 3.8) is 0 Å². The Morgan fingerprint density at radius 3 is 2.26 bits per heavy atom. The lowest BCUT2D eigenvalue weighted by Gasteiger charge is -1.91. The van der Waals surface area contributed by atoms with Crippen LogP contribution in [-0.2, 0) is 0 Å².